The van der Waals surface area contributed by atoms with Gasteiger partial charge in [0.15, 0.2) is 5.82 Å². The molecule has 186 valence electrons. The van der Waals surface area contributed by atoms with Crippen LogP contribution in [0.4, 0.5) is 19.0 Å². The summed E-state index contributed by atoms with van der Waals surface area (Å²) in [5.74, 6) is -0.883. The van der Waals surface area contributed by atoms with Crippen LogP contribution in [-0.4, -0.2) is 20.1 Å². The number of carbonyl (C=O) groups is 1. The molecule has 7 nitrogen and oxygen atoms in total. The van der Waals surface area contributed by atoms with E-state index in [4.69, 9.17) is 0 Å². The van der Waals surface area contributed by atoms with Crippen molar-refractivity contribution in [2.45, 2.75) is 58.0 Å². The van der Waals surface area contributed by atoms with Gasteiger partial charge >= 0.3 is 0 Å². The molecule has 0 radical (unpaired) electrons. The SMILES string of the molecule is CC(=O)C1CC[C@](C)(n2cc3c(N[C@H](C)c4cccc(C(F)F)c4F)nn(C)c(=O)c3cc2=O)C1. The van der Waals surface area contributed by atoms with Gasteiger partial charge in [-0.2, -0.15) is 5.10 Å². The molecular weight excluding hydrogens is 461 g/mol. The number of aromatic nitrogens is 3. The molecule has 0 aliphatic heterocycles. The highest BCUT2D eigenvalue weighted by Crippen LogP contribution is 2.40. The fourth-order valence-electron chi connectivity index (χ4n) is 4.99. The van der Waals surface area contributed by atoms with Gasteiger partial charge in [0, 0.05) is 41.7 Å². The first-order chi connectivity index (χ1) is 16.4. The van der Waals surface area contributed by atoms with Crippen LogP contribution < -0.4 is 16.4 Å². The summed E-state index contributed by atoms with van der Waals surface area (Å²) in [6, 6.07) is 4.27. The average Bonchev–Trinajstić information content (AvgIpc) is 3.20. The number of anilines is 1. The summed E-state index contributed by atoms with van der Waals surface area (Å²) in [6.07, 6.45) is 0.365. The van der Waals surface area contributed by atoms with Gasteiger partial charge in [0.2, 0.25) is 0 Å². The smallest absolute Gasteiger partial charge is 0.274 e. The Hall–Kier alpha value is -3.43. The number of nitrogens with one attached hydrogen (secondary N) is 1. The molecule has 1 N–H and O–H groups in total. The van der Waals surface area contributed by atoms with E-state index in [2.05, 4.69) is 10.4 Å². The van der Waals surface area contributed by atoms with E-state index in [9.17, 15) is 27.6 Å². The molecule has 10 heteroatoms. The van der Waals surface area contributed by atoms with E-state index < -0.39 is 34.9 Å². The maximum absolute atomic E-state index is 14.7. The Balaban J connectivity index is 1.82. The van der Waals surface area contributed by atoms with Crippen LogP contribution in [0.15, 0.2) is 40.1 Å². The molecule has 4 rings (SSSR count). The number of hydrogen-bond acceptors (Lipinski definition) is 5. The van der Waals surface area contributed by atoms with Gasteiger partial charge < -0.3 is 9.88 Å². The van der Waals surface area contributed by atoms with E-state index >= 15 is 0 Å². The van der Waals surface area contributed by atoms with Crippen molar-refractivity contribution < 1.29 is 18.0 Å². The lowest BCUT2D eigenvalue weighted by molar-refractivity contribution is -0.120. The molecule has 2 heterocycles. The van der Waals surface area contributed by atoms with Crippen LogP contribution in [0.1, 0.15) is 63.6 Å². The van der Waals surface area contributed by atoms with Crippen molar-refractivity contribution in [3.05, 3.63) is 68.1 Å². The quantitative estimate of drug-likeness (QED) is 0.554. The van der Waals surface area contributed by atoms with Gasteiger partial charge in [0.1, 0.15) is 11.6 Å². The zero-order chi connectivity index (χ0) is 25.7. The summed E-state index contributed by atoms with van der Waals surface area (Å²) < 4.78 is 43.7. The molecule has 35 heavy (non-hydrogen) atoms. The molecule has 1 unspecified atom stereocenters. The zero-order valence-corrected chi connectivity index (χ0v) is 19.9. The Labute approximate surface area is 199 Å². The molecule has 3 aromatic rings. The Morgan fingerprint density at radius 3 is 2.54 bits per heavy atom. The standard InChI is InChI=1S/C25H27F3N4O3/c1-13(16-6-5-7-17(21(16)26)22(27)28)29-23-19-12-32(25(3)9-8-15(11-25)14(2)33)20(34)10-18(19)24(35)31(4)30-23/h5-7,10,12-13,15,22H,8-9,11H2,1-4H3,(H,29,30)/t13-,15?,25+/m1/s1. The number of nitrogens with zero attached hydrogens (tertiary/aromatic N) is 3. The number of rotatable bonds is 6. The van der Waals surface area contributed by atoms with E-state index in [1.165, 1.54) is 29.8 Å². The van der Waals surface area contributed by atoms with Gasteiger partial charge in [0.05, 0.1) is 17.0 Å². The second kappa shape index (κ2) is 8.98. The van der Waals surface area contributed by atoms with Crippen LogP contribution in [-0.2, 0) is 17.4 Å². The molecule has 3 atom stereocenters. The van der Waals surface area contributed by atoms with Crippen molar-refractivity contribution in [3.8, 4) is 0 Å². The van der Waals surface area contributed by atoms with Crippen molar-refractivity contribution in [2.75, 3.05) is 5.32 Å². The molecule has 0 amide bonds. The number of aryl methyl sites for hydroxylation is 1. The molecule has 0 saturated heterocycles. The van der Waals surface area contributed by atoms with Gasteiger partial charge in [-0.15, -0.1) is 0 Å². The van der Waals surface area contributed by atoms with Crippen molar-refractivity contribution >= 4 is 22.4 Å². The highest BCUT2D eigenvalue weighted by molar-refractivity contribution is 5.90. The lowest BCUT2D eigenvalue weighted by Crippen LogP contribution is -2.37. The number of halogens is 3. The summed E-state index contributed by atoms with van der Waals surface area (Å²) in [4.78, 5) is 37.7. The highest BCUT2D eigenvalue weighted by Gasteiger charge is 2.39. The molecule has 1 saturated carbocycles. The Morgan fingerprint density at radius 1 is 1.23 bits per heavy atom. The fraction of sp³-hybridized carbons (Fsp3) is 0.440. The predicted molar refractivity (Wildman–Crippen MR) is 126 cm³/mol. The summed E-state index contributed by atoms with van der Waals surface area (Å²) in [7, 11) is 1.43. The van der Waals surface area contributed by atoms with Crippen molar-refractivity contribution in [3.63, 3.8) is 0 Å². The van der Waals surface area contributed by atoms with E-state index in [1.807, 2.05) is 6.92 Å². The van der Waals surface area contributed by atoms with Crippen molar-refractivity contribution in [2.24, 2.45) is 13.0 Å². The zero-order valence-electron chi connectivity index (χ0n) is 19.9. The van der Waals surface area contributed by atoms with Gasteiger partial charge in [-0.1, -0.05) is 18.2 Å². The predicted octanol–water partition coefficient (Wildman–Crippen LogP) is 4.45. The number of pyridine rings is 1. The fourth-order valence-corrected chi connectivity index (χ4v) is 4.99. The summed E-state index contributed by atoms with van der Waals surface area (Å²) >= 11 is 0. The Morgan fingerprint density at radius 2 is 1.91 bits per heavy atom. The van der Waals surface area contributed by atoms with E-state index in [1.54, 1.807) is 20.0 Å². The first-order valence-corrected chi connectivity index (χ1v) is 11.4. The first kappa shape index (κ1) is 24.7. The van der Waals surface area contributed by atoms with Crippen LogP contribution in [0.2, 0.25) is 0 Å². The number of fused-ring (bicyclic) bond motifs is 1. The van der Waals surface area contributed by atoms with Crippen LogP contribution in [0.5, 0.6) is 0 Å². The second-order valence-electron chi connectivity index (χ2n) is 9.55. The number of alkyl halides is 2. The number of benzene rings is 1. The summed E-state index contributed by atoms with van der Waals surface area (Å²) in [5.41, 5.74) is -2.15. The molecule has 1 aromatic carbocycles. The number of hydrogen-bond donors (Lipinski definition) is 1. The van der Waals surface area contributed by atoms with E-state index in [-0.39, 0.29) is 34.0 Å². The average molecular weight is 489 g/mol. The minimum Gasteiger partial charge on any atom is -0.361 e. The van der Waals surface area contributed by atoms with Crippen LogP contribution in [0, 0.1) is 11.7 Å². The van der Waals surface area contributed by atoms with E-state index in [0.29, 0.717) is 24.6 Å². The molecule has 0 bridgehead atoms. The van der Waals surface area contributed by atoms with Crippen LogP contribution >= 0.6 is 0 Å². The van der Waals surface area contributed by atoms with Crippen molar-refractivity contribution in [1.82, 2.24) is 14.3 Å². The molecule has 1 fully saturated rings. The third-order valence-corrected chi connectivity index (χ3v) is 7.07. The minimum absolute atomic E-state index is 0.0204. The lowest BCUT2D eigenvalue weighted by atomic mass is 9.96. The number of carbonyl (C=O) groups excluding carboxylic acids is 1. The first-order valence-electron chi connectivity index (χ1n) is 11.4. The van der Waals surface area contributed by atoms with Crippen molar-refractivity contribution in [1.29, 1.82) is 0 Å². The molecule has 1 aliphatic rings. The largest absolute Gasteiger partial charge is 0.361 e. The van der Waals surface area contributed by atoms with E-state index in [0.717, 1.165) is 10.7 Å². The molecule has 1 aliphatic carbocycles. The summed E-state index contributed by atoms with van der Waals surface area (Å²) in [6.45, 7) is 5.04. The third-order valence-electron chi connectivity index (χ3n) is 7.07. The van der Waals surface area contributed by atoms with Gasteiger partial charge in [-0.05, 0) is 40.0 Å². The Bertz CT molecular complexity index is 1430. The normalized spacial score (nSPS) is 21.0. The topological polar surface area (TPSA) is 86.0 Å². The third kappa shape index (κ3) is 4.37. The van der Waals surface area contributed by atoms with Crippen LogP contribution in [0.25, 0.3) is 10.8 Å². The monoisotopic (exact) mass is 488 g/mol. The minimum atomic E-state index is -2.96. The summed E-state index contributed by atoms with van der Waals surface area (Å²) in [5, 5.41) is 7.77. The Kier molecular flexibility index (Phi) is 6.33. The molecular formula is C25H27F3N4O3. The van der Waals surface area contributed by atoms with Gasteiger partial charge in [-0.3, -0.25) is 14.4 Å². The number of Topliss-reactive ketones (excluding diaryl/α,β-unsaturated/α-hetero) is 1. The maximum atomic E-state index is 14.7. The highest BCUT2D eigenvalue weighted by atomic mass is 19.3. The maximum Gasteiger partial charge on any atom is 0.274 e. The van der Waals surface area contributed by atoms with Crippen LogP contribution in [0.3, 0.4) is 0 Å². The van der Waals surface area contributed by atoms with Gasteiger partial charge in [0.25, 0.3) is 17.5 Å². The number of ketones is 1. The second-order valence-corrected chi connectivity index (χ2v) is 9.55. The molecule has 2 aromatic heterocycles. The van der Waals surface area contributed by atoms with Gasteiger partial charge in [-0.25, -0.2) is 17.9 Å². The lowest BCUT2D eigenvalue weighted by Gasteiger charge is -2.28. The molecule has 0 spiro atoms.